The summed E-state index contributed by atoms with van der Waals surface area (Å²) in [5.41, 5.74) is 0.845. The Bertz CT molecular complexity index is 286. The maximum atomic E-state index is 10.6. The van der Waals surface area contributed by atoms with E-state index in [-0.39, 0.29) is 5.78 Å². The molecule has 0 spiro atoms. The highest BCUT2D eigenvalue weighted by Crippen LogP contribution is 1.95. The number of rotatable bonds is 2. The standard InChI is InChI=1S/C6H8N2OS/c1-4(9)2-5-3-6(10)8-7-5/h3H,2H2,1H3,(H2,7,8,10). The van der Waals surface area contributed by atoms with E-state index in [4.69, 9.17) is 12.2 Å². The van der Waals surface area contributed by atoms with Gasteiger partial charge in [0.15, 0.2) is 0 Å². The van der Waals surface area contributed by atoms with Crippen LogP contribution in [0.4, 0.5) is 0 Å². The molecule has 4 heteroatoms. The van der Waals surface area contributed by atoms with Gasteiger partial charge in [0.05, 0.1) is 0 Å². The molecule has 0 unspecified atom stereocenters. The first-order chi connectivity index (χ1) is 4.68. The van der Waals surface area contributed by atoms with Crippen molar-refractivity contribution in [3.63, 3.8) is 0 Å². The molecule has 0 aliphatic rings. The normalized spacial score (nSPS) is 9.70. The Labute approximate surface area is 63.4 Å². The molecule has 54 valence electrons. The fraction of sp³-hybridized carbons (Fsp3) is 0.333. The molecule has 2 N–H and O–H groups in total. The number of carbonyl (C=O) groups excluding carboxylic acids is 1. The zero-order chi connectivity index (χ0) is 7.56. The zero-order valence-corrected chi connectivity index (χ0v) is 6.42. The number of hydrogen-bond donors (Lipinski definition) is 2. The van der Waals surface area contributed by atoms with Crippen LogP contribution in [0.5, 0.6) is 0 Å². The van der Waals surface area contributed by atoms with Gasteiger partial charge < -0.3 is 5.10 Å². The number of hydrogen-bond acceptors (Lipinski definition) is 2. The Morgan fingerprint density at radius 1 is 1.70 bits per heavy atom. The number of nitrogens with one attached hydrogen (secondary N) is 2. The van der Waals surface area contributed by atoms with Crippen molar-refractivity contribution in [2.75, 3.05) is 0 Å². The van der Waals surface area contributed by atoms with Gasteiger partial charge in [0.25, 0.3) is 0 Å². The third-order valence-electron chi connectivity index (χ3n) is 1.09. The zero-order valence-electron chi connectivity index (χ0n) is 5.60. The van der Waals surface area contributed by atoms with Crippen LogP contribution in [0, 0.1) is 4.64 Å². The molecule has 0 bridgehead atoms. The van der Waals surface area contributed by atoms with Crippen LogP contribution in [0.1, 0.15) is 12.6 Å². The predicted molar refractivity (Wildman–Crippen MR) is 40.4 cm³/mol. The fourth-order valence-corrected chi connectivity index (χ4v) is 0.929. The molecule has 3 nitrogen and oxygen atoms in total. The topological polar surface area (TPSA) is 48.6 Å². The summed E-state index contributed by atoms with van der Waals surface area (Å²) < 4.78 is 0.635. The summed E-state index contributed by atoms with van der Waals surface area (Å²) in [5, 5.41) is 5.50. The largest absolute Gasteiger partial charge is 0.304 e. The number of ketones is 1. The van der Waals surface area contributed by atoms with Crippen LogP contribution in [-0.4, -0.2) is 16.0 Å². The Morgan fingerprint density at radius 3 is 2.80 bits per heavy atom. The molecule has 0 aliphatic carbocycles. The number of aromatic amines is 2. The average molecular weight is 156 g/mol. The van der Waals surface area contributed by atoms with Gasteiger partial charge in [-0.1, -0.05) is 12.2 Å². The minimum absolute atomic E-state index is 0.130. The van der Waals surface area contributed by atoms with E-state index < -0.39 is 0 Å². The summed E-state index contributed by atoms with van der Waals surface area (Å²) >= 11 is 4.79. The predicted octanol–water partition coefficient (Wildman–Crippen LogP) is 1.20. The lowest BCUT2D eigenvalue weighted by Crippen LogP contribution is -1.95. The van der Waals surface area contributed by atoms with Crippen molar-refractivity contribution < 1.29 is 4.79 Å². The van der Waals surface area contributed by atoms with Crippen molar-refractivity contribution in [3.05, 3.63) is 16.4 Å². The van der Waals surface area contributed by atoms with Crippen molar-refractivity contribution in [2.45, 2.75) is 13.3 Å². The highest BCUT2D eigenvalue weighted by atomic mass is 32.1. The lowest BCUT2D eigenvalue weighted by atomic mass is 10.2. The van der Waals surface area contributed by atoms with E-state index in [0.717, 1.165) is 5.69 Å². The average Bonchev–Trinajstić information content (AvgIpc) is 2.13. The van der Waals surface area contributed by atoms with Crippen molar-refractivity contribution in [1.82, 2.24) is 10.2 Å². The fourth-order valence-electron chi connectivity index (χ4n) is 0.736. The van der Waals surface area contributed by atoms with Gasteiger partial charge in [-0.05, 0) is 13.0 Å². The molecule has 0 fully saturated rings. The maximum Gasteiger partial charge on any atom is 0.135 e. The van der Waals surface area contributed by atoms with Crippen LogP contribution in [0.2, 0.25) is 0 Å². The van der Waals surface area contributed by atoms with E-state index in [9.17, 15) is 4.79 Å². The van der Waals surface area contributed by atoms with E-state index in [0.29, 0.717) is 11.1 Å². The molecule has 1 heterocycles. The minimum atomic E-state index is 0.130. The molecule has 0 amide bonds. The third-order valence-corrected chi connectivity index (χ3v) is 1.31. The lowest BCUT2D eigenvalue weighted by Gasteiger charge is -1.87. The van der Waals surface area contributed by atoms with Crippen molar-refractivity contribution in [1.29, 1.82) is 0 Å². The Hall–Kier alpha value is -0.900. The Balaban J connectivity index is 2.76. The number of H-pyrrole nitrogens is 2. The second-order valence-electron chi connectivity index (χ2n) is 2.16. The van der Waals surface area contributed by atoms with E-state index in [1.165, 1.54) is 0 Å². The highest BCUT2D eigenvalue weighted by molar-refractivity contribution is 7.71. The van der Waals surface area contributed by atoms with Crippen LogP contribution in [0.25, 0.3) is 0 Å². The lowest BCUT2D eigenvalue weighted by molar-refractivity contribution is -0.116. The summed E-state index contributed by atoms with van der Waals surface area (Å²) in [6.45, 7) is 1.55. The minimum Gasteiger partial charge on any atom is -0.304 e. The van der Waals surface area contributed by atoms with E-state index in [2.05, 4.69) is 10.2 Å². The molecule has 0 atom stereocenters. The second-order valence-corrected chi connectivity index (χ2v) is 2.60. The monoisotopic (exact) mass is 156 g/mol. The van der Waals surface area contributed by atoms with Crippen LogP contribution >= 0.6 is 12.2 Å². The Kier molecular flexibility index (Phi) is 2.01. The summed E-state index contributed by atoms with van der Waals surface area (Å²) in [7, 11) is 0. The summed E-state index contributed by atoms with van der Waals surface area (Å²) in [6.07, 6.45) is 0.424. The summed E-state index contributed by atoms with van der Waals surface area (Å²) in [4.78, 5) is 10.6. The molecular formula is C6H8N2OS. The summed E-state index contributed by atoms with van der Waals surface area (Å²) in [5.74, 6) is 0.130. The second kappa shape index (κ2) is 2.79. The molecule has 1 aromatic rings. The smallest absolute Gasteiger partial charge is 0.135 e. The molecule has 0 radical (unpaired) electrons. The number of carbonyl (C=O) groups is 1. The van der Waals surface area contributed by atoms with Crippen LogP contribution in [0.15, 0.2) is 6.07 Å². The van der Waals surface area contributed by atoms with Gasteiger partial charge in [-0.3, -0.25) is 9.89 Å². The quantitative estimate of drug-likeness (QED) is 0.632. The van der Waals surface area contributed by atoms with Crippen molar-refractivity contribution in [2.24, 2.45) is 0 Å². The molecule has 0 aliphatic heterocycles. The first kappa shape index (κ1) is 7.21. The maximum absolute atomic E-state index is 10.6. The first-order valence-corrected chi connectivity index (χ1v) is 3.35. The van der Waals surface area contributed by atoms with Gasteiger partial charge in [-0.15, -0.1) is 0 Å². The van der Waals surface area contributed by atoms with Crippen molar-refractivity contribution in [3.8, 4) is 0 Å². The van der Waals surface area contributed by atoms with Gasteiger partial charge in [-0.2, -0.15) is 0 Å². The molecule has 0 saturated heterocycles. The molecule has 1 aromatic heterocycles. The third kappa shape index (κ3) is 1.80. The van der Waals surface area contributed by atoms with E-state index in [1.807, 2.05) is 0 Å². The molecule has 0 saturated carbocycles. The molecule has 0 aromatic carbocycles. The van der Waals surface area contributed by atoms with Crippen LogP contribution in [0.3, 0.4) is 0 Å². The highest BCUT2D eigenvalue weighted by Gasteiger charge is 1.96. The van der Waals surface area contributed by atoms with E-state index in [1.54, 1.807) is 13.0 Å². The first-order valence-electron chi connectivity index (χ1n) is 2.94. The molecular weight excluding hydrogens is 148 g/mol. The molecule has 10 heavy (non-hydrogen) atoms. The SMILES string of the molecule is CC(=O)Cc1cc(=S)[nH][nH]1. The van der Waals surface area contributed by atoms with Crippen molar-refractivity contribution >= 4 is 18.0 Å². The van der Waals surface area contributed by atoms with Gasteiger partial charge in [0.1, 0.15) is 10.4 Å². The van der Waals surface area contributed by atoms with Gasteiger partial charge in [0, 0.05) is 12.1 Å². The van der Waals surface area contributed by atoms with Gasteiger partial charge >= 0.3 is 0 Å². The Morgan fingerprint density at radius 2 is 2.40 bits per heavy atom. The van der Waals surface area contributed by atoms with Gasteiger partial charge in [0.2, 0.25) is 0 Å². The van der Waals surface area contributed by atoms with Crippen LogP contribution < -0.4 is 0 Å². The van der Waals surface area contributed by atoms with Crippen LogP contribution in [-0.2, 0) is 11.2 Å². The summed E-state index contributed by atoms with van der Waals surface area (Å²) in [6, 6.07) is 1.75. The number of aromatic nitrogens is 2. The van der Waals surface area contributed by atoms with Gasteiger partial charge in [-0.25, -0.2) is 0 Å². The van der Waals surface area contributed by atoms with E-state index >= 15 is 0 Å². The molecule has 1 rings (SSSR count). The number of Topliss-reactive ketones (excluding diaryl/α,β-unsaturated/α-hetero) is 1.